The zero-order chi connectivity index (χ0) is 21.7. The van der Waals surface area contributed by atoms with Crippen molar-refractivity contribution in [2.75, 3.05) is 18.0 Å². The first-order valence-corrected chi connectivity index (χ1v) is 11.0. The van der Waals surface area contributed by atoms with Crippen molar-refractivity contribution >= 4 is 23.1 Å². The number of rotatable bonds is 9. The minimum atomic E-state index is -0.183. The van der Waals surface area contributed by atoms with E-state index in [1.165, 1.54) is 4.90 Å². The maximum absolute atomic E-state index is 13.5. The van der Waals surface area contributed by atoms with Crippen molar-refractivity contribution in [1.29, 1.82) is 0 Å². The lowest BCUT2D eigenvalue weighted by Crippen LogP contribution is -2.36. The van der Waals surface area contributed by atoms with Crippen LogP contribution in [0, 0.1) is 13.8 Å². The maximum atomic E-state index is 13.5. The minimum Gasteiger partial charge on any atom is -0.337 e. The van der Waals surface area contributed by atoms with Gasteiger partial charge >= 0.3 is 0 Å². The summed E-state index contributed by atoms with van der Waals surface area (Å²) in [5.74, 6) is -0.356. The molecule has 0 fully saturated rings. The summed E-state index contributed by atoms with van der Waals surface area (Å²) < 4.78 is 0. The average Bonchev–Trinajstić information content (AvgIpc) is 2.97. The van der Waals surface area contributed by atoms with Crippen molar-refractivity contribution in [2.24, 2.45) is 0 Å². The summed E-state index contributed by atoms with van der Waals surface area (Å²) >= 11 is 0. The van der Waals surface area contributed by atoms with Gasteiger partial charge < -0.3 is 4.90 Å². The molecule has 1 aliphatic rings. The summed E-state index contributed by atoms with van der Waals surface area (Å²) in [5.41, 5.74) is 4.95. The van der Waals surface area contributed by atoms with Gasteiger partial charge in [0.05, 0.1) is 5.57 Å². The number of carbonyl (C=O) groups excluding carboxylic acids is 2. The zero-order valence-corrected chi connectivity index (χ0v) is 18.6. The molecule has 4 nitrogen and oxygen atoms in total. The first-order valence-electron chi connectivity index (χ1n) is 11.0. The lowest BCUT2D eigenvalue weighted by Gasteiger charge is -2.25. The predicted molar refractivity (Wildman–Crippen MR) is 123 cm³/mol. The Labute approximate surface area is 180 Å². The van der Waals surface area contributed by atoms with E-state index in [0.717, 1.165) is 48.1 Å². The summed E-state index contributed by atoms with van der Waals surface area (Å²) in [6.07, 6.45) is 4.11. The fraction of sp³-hybridized carbons (Fsp3) is 0.385. The highest BCUT2D eigenvalue weighted by molar-refractivity contribution is 6.37. The van der Waals surface area contributed by atoms with E-state index in [-0.39, 0.29) is 11.8 Å². The van der Waals surface area contributed by atoms with E-state index in [2.05, 4.69) is 13.0 Å². The molecule has 0 saturated heterocycles. The standard InChI is InChI=1S/C26H32N2O2/c1-5-7-8-12-17-28-25(29)23(22-16-15-19(3)18-20(22)4)24(26(28)30)27(6-2)21-13-10-9-11-14-21/h9-11,13-16,18H,5-8,12,17H2,1-4H3. The number of nitrogens with zero attached hydrogens (tertiary/aromatic N) is 2. The average molecular weight is 405 g/mol. The number of amides is 2. The number of unbranched alkanes of at least 4 members (excludes halogenated alkanes) is 3. The molecular weight excluding hydrogens is 372 g/mol. The first-order chi connectivity index (χ1) is 14.5. The van der Waals surface area contributed by atoms with Crippen LogP contribution in [0.25, 0.3) is 5.57 Å². The van der Waals surface area contributed by atoms with Crippen molar-refractivity contribution in [3.8, 4) is 0 Å². The van der Waals surface area contributed by atoms with Crippen LogP contribution in [0.4, 0.5) is 5.69 Å². The second-order valence-corrected chi connectivity index (χ2v) is 7.94. The number of aryl methyl sites for hydroxylation is 2. The van der Waals surface area contributed by atoms with Crippen LogP contribution in [0.15, 0.2) is 54.2 Å². The third kappa shape index (κ3) is 4.33. The van der Waals surface area contributed by atoms with Crippen molar-refractivity contribution in [3.05, 3.63) is 70.9 Å². The van der Waals surface area contributed by atoms with Crippen molar-refractivity contribution < 1.29 is 9.59 Å². The van der Waals surface area contributed by atoms with Gasteiger partial charge in [-0.3, -0.25) is 14.5 Å². The van der Waals surface area contributed by atoms with Crippen LogP contribution < -0.4 is 4.90 Å². The smallest absolute Gasteiger partial charge is 0.278 e. The Bertz CT molecular complexity index is 947. The normalized spacial score (nSPS) is 14.1. The second kappa shape index (κ2) is 9.75. The molecule has 0 bridgehead atoms. The number of para-hydroxylation sites is 1. The molecular formula is C26H32N2O2. The molecule has 1 aliphatic heterocycles. The monoisotopic (exact) mass is 404 g/mol. The van der Waals surface area contributed by atoms with E-state index in [1.807, 2.05) is 68.1 Å². The van der Waals surface area contributed by atoms with E-state index in [9.17, 15) is 9.59 Å². The van der Waals surface area contributed by atoms with Gasteiger partial charge in [-0.05, 0) is 50.5 Å². The lowest BCUT2D eigenvalue weighted by molar-refractivity contribution is -0.137. The molecule has 3 rings (SSSR count). The highest BCUT2D eigenvalue weighted by Gasteiger charge is 2.41. The Balaban J connectivity index is 2.08. The number of anilines is 1. The summed E-state index contributed by atoms with van der Waals surface area (Å²) in [4.78, 5) is 30.4. The van der Waals surface area contributed by atoms with Gasteiger partial charge in [0, 0.05) is 18.8 Å². The van der Waals surface area contributed by atoms with Crippen molar-refractivity contribution in [2.45, 2.75) is 53.4 Å². The molecule has 0 N–H and O–H groups in total. The van der Waals surface area contributed by atoms with Crippen LogP contribution in [0.5, 0.6) is 0 Å². The van der Waals surface area contributed by atoms with E-state index < -0.39 is 0 Å². The predicted octanol–water partition coefficient (Wildman–Crippen LogP) is 5.49. The minimum absolute atomic E-state index is 0.173. The molecule has 4 heteroatoms. The number of hydrogen-bond acceptors (Lipinski definition) is 3. The molecule has 2 aromatic rings. The molecule has 0 atom stereocenters. The number of likely N-dealkylation sites (N-methyl/N-ethyl adjacent to an activating group) is 1. The van der Waals surface area contributed by atoms with Gasteiger partial charge in [-0.15, -0.1) is 0 Å². The lowest BCUT2D eigenvalue weighted by atomic mass is 9.97. The van der Waals surface area contributed by atoms with Crippen LogP contribution in [-0.4, -0.2) is 29.8 Å². The molecule has 30 heavy (non-hydrogen) atoms. The molecule has 0 spiro atoms. The van der Waals surface area contributed by atoms with E-state index in [0.29, 0.717) is 24.4 Å². The van der Waals surface area contributed by atoms with E-state index in [1.54, 1.807) is 0 Å². The van der Waals surface area contributed by atoms with E-state index >= 15 is 0 Å². The fourth-order valence-corrected chi connectivity index (χ4v) is 4.13. The van der Waals surface area contributed by atoms with Crippen LogP contribution in [0.1, 0.15) is 56.2 Å². The van der Waals surface area contributed by atoms with Gasteiger partial charge in [-0.2, -0.15) is 0 Å². The van der Waals surface area contributed by atoms with Crippen LogP contribution in [0.2, 0.25) is 0 Å². The summed E-state index contributed by atoms with van der Waals surface area (Å²) in [7, 11) is 0. The maximum Gasteiger partial charge on any atom is 0.278 e. The van der Waals surface area contributed by atoms with Crippen molar-refractivity contribution in [3.63, 3.8) is 0 Å². The van der Waals surface area contributed by atoms with Crippen LogP contribution >= 0.6 is 0 Å². The van der Waals surface area contributed by atoms with Gasteiger partial charge in [0.2, 0.25) is 0 Å². The Morgan fingerprint density at radius 1 is 0.867 bits per heavy atom. The quantitative estimate of drug-likeness (QED) is 0.410. The highest BCUT2D eigenvalue weighted by Crippen LogP contribution is 2.35. The summed E-state index contributed by atoms with van der Waals surface area (Å²) in [5, 5.41) is 0. The highest BCUT2D eigenvalue weighted by atomic mass is 16.2. The van der Waals surface area contributed by atoms with Crippen LogP contribution in [0.3, 0.4) is 0 Å². The molecule has 1 heterocycles. The SMILES string of the molecule is CCCCCCN1C(=O)C(c2ccc(C)cc2C)=C(N(CC)c2ccccc2)C1=O. The molecule has 0 saturated carbocycles. The molecule has 2 aromatic carbocycles. The Morgan fingerprint density at radius 3 is 2.23 bits per heavy atom. The molecule has 0 aromatic heterocycles. The third-order valence-electron chi connectivity index (χ3n) is 5.68. The Morgan fingerprint density at radius 2 is 1.60 bits per heavy atom. The van der Waals surface area contributed by atoms with Crippen molar-refractivity contribution in [1.82, 2.24) is 4.90 Å². The largest absolute Gasteiger partial charge is 0.337 e. The van der Waals surface area contributed by atoms with Crippen LogP contribution in [-0.2, 0) is 9.59 Å². The van der Waals surface area contributed by atoms with Gasteiger partial charge in [0.15, 0.2) is 0 Å². The zero-order valence-electron chi connectivity index (χ0n) is 18.6. The topological polar surface area (TPSA) is 40.6 Å². The first kappa shape index (κ1) is 21.8. The third-order valence-corrected chi connectivity index (χ3v) is 5.68. The van der Waals surface area contributed by atoms with Gasteiger partial charge in [-0.1, -0.05) is 68.1 Å². The number of hydrogen-bond donors (Lipinski definition) is 0. The van der Waals surface area contributed by atoms with Gasteiger partial charge in [0.25, 0.3) is 11.8 Å². The van der Waals surface area contributed by atoms with Gasteiger partial charge in [0.1, 0.15) is 5.70 Å². The van der Waals surface area contributed by atoms with Gasteiger partial charge in [-0.25, -0.2) is 0 Å². The number of carbonyl (C=O) groups is 2. The molecule has 0 aliphatic carbocycles. The Hall–Kier alpha value is -2.88. The number of imide groups is 1. The molecule has 2 amide bonds. The Kier molecular flexibility index (Phi) is 7.09. The fourth-order valence-electron chi connectivity index (χ4n) is 4.13. The number of benzene rings is 2. The second-order valence-electron chi connectivity index (χ2n) is 7.94. The summed E-state index contributed by atoms with van der Waals surface area (Å²) in [6, 6.07) is 15.9. The molecule has 0 unspecified atom stereocenters. The van der Waals surface area contributed by atoms with E-state index in [4.69, 9.17) is 0 Å². The molecule has 158 valence electrons. The molecule has 0 radical (unpaired) electrons. The summed E-state index contributed by atoms with van der Waals surface area (Å²) in [6.45, 7) is 9.30.